The Kier molecular flexibility index (Phi) is 2.93. The summed E-state index contributed by atoms with van der Waals surface area (Å²) in [7, 11) is 0. The van der Waals surface area contributed by atoms with Crippen LogP contribution in [0.1, 0.15) is 24.9 Å². The van der Waals surface area contributed by atoms with E-state index in [1.165, 1.54) is 19.1 Å². The zero-order valence-corrected chi connectivity index (χ0v) is 9.01. The third-order valence-corrected chi connectivity index (χ3v) is 3.14. The van der Waals surface area contributed by atoms with Crippen molar-refractivity contribution in [2.45, 2.75) is 25.3 Å². The van der Waals surface area contributed by atoms with E-state index in [0.29, 0.717) is 5.56 Å². The molecule has 1 nitrogen and oxygen atoms in total. The van der Waals surface area contributed by atoms with Crippen molar-refractivity contribution in [3.63, 3.8) is 0 Å². The molecule has 0 amide bonds. The molecule has 0 unspecified atom stereocenters. The van der Waals surface area contributed by atoms with Gasteiger partial charge in [-0.2, -0.15) is 0 Å². The van der Waals surface area contributed by atoms with Crippen LogP contribution in [0, 0.1) is 11.7 Å². The standard InChI is InChI=1S/C12H14F3N/c1-8-7-16-11(6-12(8,14)15)9-2-4-10(13)5-3-9/h2-5,8,11,16H,6-7H2,1H3/t8-,11-/m1/s1. The van der Waals surface area contributed by atoms with Gasteiger partial charge < -0.3 is 5.32 Å². The van der Waals surface area contributed by atoms with E-state index in [1.807, 2.05) is 0 Å². The molecule has 0 bridgehead atoms. The molecular weight excluding hydrogens is 215 g/mol. The number of halogens is 3. The van der Waals surface area contributed by atoms with Gasteiger partial charge in [0.15, 0.2) is 0 Å². The molecule has 16 heavy (non-hydrogen) atoms. The van der Waals surface area contributed by atoms with Crippen molar-refractivity contribution < 1.29 is 13.2 Å². The van der Waals surface area contributed by atoms with Crippen LogP contribution < -0.4 is 5.32 Å². The lowest BCUT2D eigenvalue weighted by molar-refractivity contribution is -0.0841. The van der Waals surface area contributed by atoms with Crippen LogP contribution in [-0.2, 0) is 0 Å². The summed E-state index contributed by atoms with van der Waals surface area (Å²) < 4.78 is 39.7. The molecule has 1 fully saturated rings. The second-order valence-electron chi connectivity index (χ2n) is 4.38. The quantitative estimate of drug-likeness (QED) is 0.780. The molecule has 1 aliphatic heterocycles. The summed E-state index contributed by atoms with van der Waals surface area (Å²) in [4.78, 5) is 0. The normalized spacial score (nSPS) is 29.0. The molecule has 1 saturated heterocycles. The molecule has 1 aromatic rings. The van der Waals surface area contributed by atoms with Gasteiger partial charge >= 0.3 is 0 Å². The van der Waals surface area contributed by atoms with Crippen LogP contribution in [0.4, 0.5) is 13.2 Å². The molecular formula is C12H14F3N. The molecule has 4 heteroatoms. The monoisotopic (exact) mass is 229 g/mol. The van der Waals surface area contributed by atoms with Crippen LogP contribution >= 0.6 is 0 Å². The number of rotatable bonds is 1. The van der Waals surface area contributed by atoms with Gasteiger partial charge in [-0.05, 0) is 17.7 Å². The molecule has 0 spiro atoms. The number of piperidine rings is 1. The molecule has 0 radical (unpaired) electrons. The summed E-state index contributed by atoms with van der Waals surface area (Å²) >= 11 is 0. The Bertz CT molecular complexity index is 361. The minimum absolute atomic E-state index is 0.222. The fourth-order valence-electron chi connectivity index (χ4n) is 1.94. The lowest BCUT2D eigenvalue weighted by Gasteiger charge is -2.35. The molecule has 1 heterocycles. The van der Waals surface area contributed by atoms with E-state index in [-0.39, 0.29) is 24.8 Å². The highest BCUT2D eigenvalue weighted by molar-refractivity contribution is 5.21. The van der Waals surface area contributed by atoms with Gasteiger partial charge in [0.2, 0.25) is 0 Å². The lowest BCUT2D eigenvalue weighted by Crippen LogP contribution is -2.44. The van der Waals surface area contributed by atoms with Crippen molar-refractivity contribution in [2.24, 2.45) is 5.92 Å². The number of alkyl halides is 2. The van der Waals surface area contributed by atoms with E-state index in [4.69, 9.17) is 0 Å². The van der Waals surface area contributed by atoms with Crippen LogP contribution in [0.3, 0.4) is 0 Å². The largest absolute Gasteiger partial charge is 0.309 e. The maximum atomic E-state index is 13.5. The summed E-state index contributed by atoms with van der Waals surface area (Å²) in [6.45, 7) is 1.82. The summed E-state index contributed by atoms with van der Waals surface area (Å²) in [5.74, 6) is -3.64. The second kappa shape index (κ2) is 4.09. The Morgan fingerprint density at radius 1 is 1.25 bits per heavy atom. The van der Waals surface area contributed by atoms with Crippen molar-refractivity contribution >= 4 is 0 Å². The Labute approximate surface area is 92.7 Å². The Hall–Kier alpha value is -1.03. The lowest BCUT2D eigenvalue weighted by atomic mass is 9.88. The first-order chi connectivity index (χ1) is 7.49. The highest BCUT2D eigenvalue weighted by Crippen LogP contribution is 2.37. The molecule has 2 rings (SSSR count). The minimum Gasteiger partial charge on any atom is -0.309 e. The van der Waals surface area contributed by atoms with Crippen molar-refractivity contribution in [3.8, 4) is 0 Å². The van der Waals surface area contributed by atoms with Crippen molar-refractivity contribution in [1.29, 1.82) is 0 Å². The fourth-order valence-corrected chi connectivity index (χ4v) is 1.94. The maximum Gasteiger partial charge on any atom is 0.253 e. The minimum atomic E-state index is -2.65. The van der Waals surface area contributed by atoms with Crippen LogP contribution in [0.25, 0.3) is 0 Å². The average molecular weight is 229 g/mol. The Morgan fingerprint density at radius 2 is 1.88 bits per heavy atom. The first-order valence-corrected chi connectivity index (χ1v) is 5.36. The molecule has 0 aromatic heterocycles. The van der Waals surface area contributed by atoms with E-state index < -0.39 is 11.8 Å². The first kappa shape index (κ1) is 11.5. The van der Waals surface area contributed by atoms with Crippen LogP contribution in [0.2, 0.25) is 0 Å². The molecule has 1 N–H and O–H groups in total. The second-order valence-corrected chi connectivity index (χ2v) is 4.38. The smallest absolute Gasteiger partial charge is 0.253 e. The molecule has 2 atom stereocenters. The summed E-state index contributed by atoms with van der Waals surface area (Å²) in [5, 5.41) is 3.06. The summed E-state index contributed by atoms with van der Waals surface area (Å²) in [5.41, 5.74) is 0.716. The number of nitrogens with one attached hydrogen (secondary N) is 1. The topological polar surface area (TPSA) is 12.0 Å². The van der Waals surface area contributed by atoms with E-state index >= 15 is 0 Å². The van der Waals surface area contributed by atoms with E-state index in [0.717, 1.165) is 0 Å². The van der Waals surface area contributed by atoms with E-state index in [1.54, 1.807) is 12.1 Å². The van der Waals surface area contributed by atoms with Crippen LogP contribution in [-0.4, -0.2) is 12.5 Å². The Balaban J connectivity index is 2.14. The molecule has 1 aliphatic rings. The van der Waals surface area contributed by atoms with Crippen molar-refractivity contribution in [1.82, 2.24) is 5.32 Å². The predicted molar refractivity (Wildman–Crippen MR) is 55.9 cm³/mol. The summed E-state index contributed by atoms with van der Waals surface area (Å²) in [6.07, 6.45) is -0.222. The van der Waals surface area contributed by atoms with Crippen LogP contribution in [0.5, 0.6) is 0 Å². The van der Waals surface area contributed by atoms with Crippen molar-refractivity contribution in [2.75, 3.05) is 6.54 Å². The Morgan fingerprint density at radius 3 is 2.44 bits per heavy atom. The number of hydrogen-bond acceptors (Lipinski definition) is 1. The van der Waals surface area contributed by atoms with Gasteiger partial charge in [0.05, 0.1) is 0 Å². The van der Waals surface area contributed by atoms with Crippen LogP contribution in [0.15, 0.2) is 24.3 Å². The van der Waals surface area contributed by atoms with Gasteiger partial charge in [-0.3, -0.25) is 0 Å². The highest BCUT2D eigenvalue weighted by atomic mass is 19.3. The zero-order valence-electron chi connectivity index (χ0n) is 9.01. The third-order valence-electron chi connectivity index (χ3n) is 3.14. The summed E-state index contributed by atoms with van der Waals surface area (Å²) in [6, 6.07) is 5.32. The number of hydrogen-bond donors (Lipinski definition) is 1. The van der Waals surface area contributed by atoms with E-state index in [9.17, 15) is 13.2 Å². The first-order valence-electron chi connectivity index (χ1n) is 5.36. The maximum absolute atomic E-state index is 13.5. The van der Waals surface area contributed by atoms with Gasteiger partial charge in [-0.25, -0.2) is 13.2 Å². The predicted octanol–water partition coefficient (Wildman–Crippen LogP) is 3.13. The van der Waals surface area contributed by atoms with Crippen molar-refractivity contribution in [3.05, 3.63) is 35.6 Å². The SMILES string of the molecule is C[C@@H]1CN[C@@H](c2ccc(F)cc2)CC1(F)F. The van der Waals surface area contributed by atoms with Gasteiger partial charge in [-0.1, -0.05) is 19.1 Å². The molecule has 1 aromatic carbocycles. The van der Waals surface area contributed by atoms with E-state index in [2.05, 4.69) is 5.32 Å². The third kappa shape index (κ3) is 2.21. The molecule has 88 valence electrons. The van der Waals surface area contributed by atoms with Gasteiger partial charge in [-0.15, -0.1) is 0 Å². The molecule has 0 saturated carbocycles. The number of benzene rings is 1. The van der Waals surface area contributed by atoms with Gasteiger partial charge in [0, 0.05) is 24.9 Å². The van der Waals surface area contributed by atoms with Gasteiger partial charge in [0.25, 0.3) is 5.92 Å². The average Bonchev–Trinajstić information content (AvgIpc) is 2.23. The van der Waals surface area contributed by atoms with Gasteiger partial charge in [0.1, 0.15) is 5.82 Å². The molecule has 0 aliphatic carbocycles. The zero-order chi connectivity index (χ0) is 11.8. The fraction of sp³-hybridized carbons (Fsp3) is 0.500. The highest BCUT2D eigenvalue weighted by Gasteiger charge is 2.42.